The molecule has 0 aliphatic rings. The predicted octanol–water partition coefficient (Wildman–Crippen LogP) is 2.94. The van der Waals surface area contributed by atoms with Crippen LogP contribution >= 0.6 is 0 Å². The van der Waals surface area contributed by atoms with Crippen LogP contribution in [0.5, 0.6) is 0 Å². The first-order valence-electron chi connectivity index (χ1n) is 6.71. The Morgan fingerprint density at radius 1 is 1.33 bits per heavy atom. The maximum Gasteiger partial charge on any atom is 0.305 e. The normalized spacial score (nSPS) is 16.1. The van der Waals surface area contributed by atoms with Crippen LogP contribution in [-0.2, 0) is 19.0 Å². The van der Waals surface area contributed by atoms with Crippen LogP contribution in [0.1, 0.15) is 52.9 Å². The Balaban J connectivity index is 3.65. The summed E-state index contributed by atoms with van der Waals surface area (Å²) in [6.07, 6.45) is 3.96. The number of methoxy groups -OCH3 is 2. The van der Waals surface area contributed by atoms with Crippen molar-refractivity contribution in [3.05, 3.63) is 0 Å². The average Bonchev–Trinajstić information content (AvgIpc) is 2.38. The number of carbonyl (C=O) groups is 1. The highest BCUT2D eigenvalue weighted by molar-refractivity contribution is 5.69. The second-order valence-electron chi connectivity index (χ2n) is 4.92. The second kappa shape index (κ2) is 9.34. The zero-order chi connectivity index (χ0) is 14.0. The minimum absolute atomic E-state index is 0.120. The number of hydrogen-bond acceptors (Lipinski definition) is 4. The van der Waals surface area contributed by atoms with Crippen molar-refractivity contribution in [1.82, 2.24) is 0 Å². The third-order valence-corrected chi connectivity index (χ3v) is 3.52. The van der Waals surface area contributed by atoms with Gasteiger partial charge in [0.2, 0.25) is 0 Å². The second-order valence-corrected chi connectivity index (χ2v) is 4.92. The number of carbonyl (C=O) groups excluding carboxylic acids is 1. The van der Waals surface area contributed by atoms with Gasteiger partial charge in [0, 0.05) is 27.1 Å². The molecule has 0 aliphatic carbocycles. The Kier molecular flexibility index (Phi) is 9.02. The molecule has 18 heavy (non-hydrogen) atoms. The Bertz CT molecular complexity index is 224. The number of rotatable bonds is 10. The van der Waals surface area contributed by atoms with Gasteiger partial charge in [-0.15, -0.1) is 0 Å². The summed E-state index contributed by atoms with van der Waals surface area (Å²) in [5, 5.41) is 0. The summed E-state index contributed by atoms with van der Waals surface area (Å²) in [6.45, 7) is 6.55. The quantitative estimate of drug-likeness (QED) is 0.566. The first-order valence-corrected chi connectivity index (χ1v) is 6.71. The Hall–Kier alpha value is -0.610. The van der Waals surface area contributed by atoms with Gasteiger partial charge in [-0.1, -0.05) is 6.92 Å². The topological polar surface area (TPSA) is 44.8 Å². The molecule has 2 atom stereocenters. The first-order chi connectivity index (χ1) is 8.47. The Labute approximate surface area is 111 Å². The van der Waals surface area contributed by atoms with E-state index in [0.717, 1.165) is 25.7 Å². The summed E-state index contributed by atoms with van der Waals surface area (Å²) in [5.74, 6) is -0.132. The fraction of sp³-hybridized carbons (Fsp3) is 0.929. The van der Waals surface area contributed by atoms with Crippen LogP contribution in [0.15, 0.2) is 0 Å². The minimum atomic E-state index is -0.132. The van der Waals surface area contributed by atoms with Crippen LogP contribution in [0.2, 0.25) is 0 Å². The molecule has 0 bridgehead atoms. The van der Waals surface area contributed by atoms with Gasteiger partial charge in [-0.25, -0.2) is 0 Å². The lowest BCUT2D eigenvalue weighted by Gasteiger charge is -2.26. The third-order valence-electron chi connectivity index (χ3n) is 3.52. The van der Waals surface area contributed by atoms with Gasteiger partial charge in [0.25, 0.3) is 0 Å². The fourth-order valence-electron chi connectivity index (χ4n) is 1.56. The molecule has 4 nitrogen and oxygen atoms in total. The van der Waals surface area contributed by atoms with Gasteiger partial charge in [-0.2, -0.15) is 0 Å². The molecule has 0 saturated carbocycles. The van der Waals surface area contributed by atoms with Crippen LogP contribution in [0, 0.1) is 0 Å². The third kappa shape index (κ3) is 7.67. The summed E-state index contributed by atoms with van der Waals surface area (Å²) < 4.78 is 15.6. The van der Waals surface area contributed by atoms with E-state index in [0.29, 0.717) is 13.0 Å². The van der Waals surface area contributed by atoms with E-state index in [1.807, 2.05) is 6.92 Å². The van der Waals surface area contributed by atoms with Crippen LogP contribution in [0.4, 0.5) is 0 Å². The van der Waals surface area contributed by atoms with Crippen molar-refractivity contribution in [3.63, 3.8) is 0 Å². The van der Waals surface area contributed by atoms with Gasteiger partial charge in [-0.05, 0) is 33.1 Å². The highest BCUT2D eigenvalue weighted by Crippen LogP contribution is 2.21. The average molecular weight is 260 g/mol. The van der Waals surface area contributed by atoms with Crippen molar-refractivity contribution in [2.75, 3.05) is 20.8 Å². The van der Waals surface area contributed by atoms with Crippen LogP contribution in [-0.4, -0.2) is 38.5 Å². The van der Waals surface area contributed by atoms with Gasteiger partial charge in [0.15, 0.2) is 0 Å². The highest BCUT2D eigenvalue weighted by atomic mass is 16.5. The molecule has 0 rings (SSSR count). The predicted molar refractivity (Wildman–Crippen MR) is 71.6 cm³/mol. The molecule has 0 radical (unpaired) electrons. The van der Waals surface area contributed by atoms with E-state index in [-0.39, 0.29) is 17.7 Å². The molecular formula is C14H28O4. The highest BCUT2D eigenvalue weighted by Gasteiger charge is 2.20. The molecule has 4 heteroatoms. The summed E-state index contributed by atoms with van der Waals surface area (Å²) >= 11 is 0. The van der Waals surface area contributed by atoms with Crippen molar-refractivity contribution in [2.45, 2.75) is 64.6 Å². The fourth-order valence-corrected chi connectivity index (χ4v) is 1.56. The van der Waals surface area contributed by atoms with Crippen LogP contribution < -0.4 is 0 Å². The summed E-state index contributed by atoms with van der Waals surface area (Å²) in [5.41, 5.74) is -0.120. The molecule has 0 saturated heterocycles. The molecule has 0 aromatic heterocycles. The van der Waals surface area contributed by atoms with Crippen molar-refractivity contribution in [3.8, 4) is 0 Å². The van der Waals surface area contributed by atoms with Gasteiger partial charge < -0.3 is 14.2 Å². The molecule has 108 valence electrons. The standard InChI is InChI=1S/C14H28O4/c1-6-14(3,17-5)10-7-8-13(15)18-11-9-12(2)16-4/h12H,6-11H2,1-5H3. The molecule has 0 amide bonds. The van der Waals surface area contributed by atoms with Crippen LogP contribution in [0.3, 0.4) is 0 Å². The van der Waals surface area contributed by atoms with Crippen LogP contribution in [0.25, 0.3) is 0 Å². The smallest absolute Gasteiger partial charge is 0.305 e. The van der Waals surface area contributed by atoms with Crippen molar-refractivity contribution >= 4 is 5.97 Å². The zero-order valence-electron chi connectivity index (χ0n) is 12.5. The maximum absolute atomic E-state index is 11.5. The molecule has 0 heterocycles. The van der Waals surface area contributed by atoms with Crippen molar-refractivity contribution in [1.29, 1.82) is 0 Å². The van der Waals surface area contributed by atoms with Gasteiger partial charge >= 0.3 is 5.97 Å². The Morgan fingerprint density at radius 3 is 2.50 bits per heavy atom. The van der Waals surface area contributed by atoms with Crippen molar-refractivity contribution in [2.24, 2.45) is 0 Å². The summed E-state index contributed by atoms with van der Waals surface area (Å²) in [6, 6.07) is 0. The van der Waals surface area contributed by atoms with E-state index in [1.165, 1.54) is 0 Å². The monoisotopic (exact) mass is 260 g/mol. The van der Waals surface area contributed by atoms with E-state index < -0.39 is 0 Å². The molecular weight excluding hydrogens is 232 g/mol. The first kappa shape index (κ1) is 17.4. The van der Waals surface area contributed by atoms with E-state index >= 15 is 0 Å². The number of esters is 1. The lowest BCUT2D eigenvalue weighted by Crippen LogP contribution is -2.26. The van der Waals surface area contributed by atoms with Gasteiger partial charge in [0.05, 0.1) is 18.3 Å². The van der Waals surface area contributed by atoms with Gasteiger partial charge in [-0.3, -0.25) is 4.79 Å². The van der Waals surface area contributed by atoms with Gasteiger partial charge in [0.1, 0.15) is 0 Å². The molecule has 0 aromatic rings. The number of hydrogen-bond donors (Lipinski definition) is 0. The molecule has 2 unspecified atom stereocenters. The van der Waals surface area contributed by atoms with E-state index in [2.05, 4.69) is 13.8 Å². The molecule has 0 fully saturated rings. The summed E-state index contributed by atoms with van der Waals surface area (Å²) in [4.78, 5) is 11.5. The maximum atomic E-state index is 11.5. The molecule has 0 N–H and O–H groups in total. The van der Waals surface area contributed by atoms with E-state index in [9.17, 15) is 4.79 Å². The SMILES string of the molecule is CCC(C)(CCCC(=O)OCCC(C)OC)OC. The van der Waals surface area contributed by atoms with E-state index in [1.54, 1.807) is 14.2 Å². The lowest BCUT2D eigenvalue weighted by atomic mass is 9.96. The van der Waals surface area contributed by atoms with Crippen molar-refractivity contribution < 1.29 is 19.0 Å². The zero-order valence-corrected chi connectivity index (χ0v) is 12.5. The molecule has 0 spiro atoms. The number of ether oxygens (including phenoxy) is 3. The molecule has 0 aromatic carbocycles. The summed E-state index contributed by atoms with van der Waals surface area (Å²) in [7, 11) is 3.37. The molecule has 0 aliphatic heterocycles. The Morgan fingerprint density at radius 2 is 2.00 bits per heavy atom. The largest absolute Gasteiger partial charge is 0.466 e. The van der Waals surface area contributed by atoms with E-state index in [4.69, 9.17) is 14.2 Å². The minimum Gasteiger partial charge on any atom is -0.466 e. The lowest BCUT2D eigenvalue weighted by molar-refractivity contribution is -0.144.